The van der Waals surface area contributed by atoms with Crippen LogP contribution in [0.3, 0.4) is 0 Å². The molecule has 1 amide bonds. The number of hydrogen-bond acceptors (Lipinski definition) is 5. The first-order valence-corrected chi connectivity index (χ1v) is 9.55. The molecule has 3 heterocycles. The van der Waals surface area contributed by atoms with E-state index in [1.165, 1.54) is 6.42 Å². The minimum Gasteiger partial charge on any atom is -0.494 e. The van der Waals surface area contributed by atoms with E-state index >= 15 is 0 Å². The number of ether oxygens (including phenoxy) is 1. The van der Waals surface area contributed by atoms with E-state index in [4.69, 9.17) is 9.72 Å². The van der Waals surface area contributed by atoms with Crippen LogP contribution in [0.1, 0.15) is 25.7 Å². The maximum Gasteiger partial charge on any atom is 0.227 e. The van der Waals surface area contributed by atoms with Crippen molar-refractivity contribution in [3.05, 3.63) is 18.2 Å². The summed E-state index contributed by atoms with van der Waals surface area (Å²) in [5, 5.41) is 1.00. The van der Waals surface area contributed by atoms with Crippen LogP contribution in [0.5, 0.6) is 5.75 Å². The fourth-order valence-corrected chi connectivity index (χ4v) is 4.74. The van der Waals surface area contributed by atoms with Crippen molar-refractivity contribution >= 4 is 32.6 Å². The maximum absolute atomic E-state index is 12.7. The largest absolute Gasteiger partial charge is 0.494 e. The van der Waals surface area contributed by atoms with E-state index in [-0.39, 0.29) is 5.92 Å². The molecule has 2 aliphatic rings. The Morgan fingerprint density at radius 3 is 2.88 bits per heavy atom. The monoisotopic (exact) mass is 345 g/mol. The van der Waals surface area contributed by atoms with Crippen LogP contribution in [-0.4, -0.2) is 49.1 Å². The molecule has 1 atom stereocenters. The second kappa shape index (κ2) is 6.59. The molecule has 0 bridgehead atoms. The fraction of sp³-hybridized carbons (Fsp3) is 0.556. The van der Waals surface area contributed by atoms with E-state index in [9.17, 15) is 4.79 Å². The van der Waals surface area contributed by atoms with Gasteiger partial charge in [0.25, 0.3) is 0 Å². The number of likely N-dealkylation sites (tertiary alicyclic amines) is 1. The quantitative estimate of drug-likeness (QED) is 0.857. The molecule has 1 aromatic carbocycles. The lowest BCUT2D eigenvalue weighted by atomic mass is 10.0. The molecule has 0 N–H and O–H groups in total. The first kappa shape index (κ1) is 15.7. The lowest BCUT2D eigenvalue weighted by Gasteiger charge is -2.29. The van der Waals surface area contributed by atoms with Crippen LogP contribution in [0.15, 0.2) is 18.2 Å². The summed E-state index contributed by atoms with van der Waals surface area (Å²) in [6.07, 6.45) is 4.50. The second-order valence-corrected chi connectivity index (χ2v) is 7.63. The van der Waals surface area contributed by atoms with Gasteiger partial charge >= 0.3 is 0 Å². The summed E-state index contributed by atoms with van der Waals surface area (Å²) in [6, 6.07) is 6.01. The minimum atomic E-state index is 0.122. The SMILES string of the molecule is COc1cccc2sc(N3CCC(C(=O)N4CCCCC4)C3)nc12. The van der Waals surface area contributed by atoms with Crippen molar-refractivity contribution < 1.29 is 9.53 Å². The van der Waals surface area contributed by atoms with Gasteiger partial charge in [-0.1, -0.05) is 17.4 Å². The zero-order valence-electron chi connectivity index (χ0n) is 14.0. The van der Waals surface area contributed by atoms with Crippen molar-refractivity contribution in [3.8, 4) is 5.75 Å². The summed E-state index contributed by atoms with van der Waals surface area (Å²) < 4.78 is 6.54. The Morgan fingerprint density at radius 2 is 2.08 bits per heavy atom. The van der Waals surface area contributed by atoms with Gasteiger partial charge in [-0.05, 0) is 37.8 Å². The van der Waals surface area contributed by atoms with Gasteiger partial charge in [-0.25, -0.2) is 4.98 Å². The molecule has 128 valence electrons. The van der Waals surface area contributed by atoms with Crippen molar-refractivity contribution in [3.63, 3.8) is 0 Å². The molecule has 1 unspecified atom stereocenters. The van der Waals surface area contributed by atoms with Gasteiger partial charge in [-0.2, -0.15) is 0 Å². The molecule has 5 nitrogen and oxygen atoms in total. The molecule has 0 aliphatic carbocycles. The van der Waals surface area contributed by atoms with Crippen LogP contribution in [0, 0.1) is 5.92 Å². The number of aromatic nitrogens is 1. The smallest absolute Gasteiger partial charge is 0.227 e. The number of rotatable bonds is 3. The first-order valence-electron chi connectivity index (χ1n) is 8.73. The molecule has 2 fully saturated rings. The minimum absolute atomic E-state index is 0.122. The average molecular weight is 345 g/mol. The predicted octanol–water partition coefficient (Wildman–Crippen LogP) is 3.14. The predicted molar refractivity (Wildman–Crippen MR) is 96.9 cm³/mol. The van der Waals surface area contributed by atoms with Gasteiger partial charge in [0.2, 0.25) is 5.91 Å². The average Bonchev–Trinajstić information content (AvgIpc) is 3.28. The molecule has 6 heteroatoms. The Hall–Kier alpha value is -1.82. The van der Waals surface area contributed by atoms with E-state index in [0.29, 0.717) is 5.91 Å². The molecule has 0 radical (unpaired) electrons. The highest BCUT2D eigenvalue weighted by molar-refractivity contribution is 7.22. The Kier molecular flexibility index (Phi) is 4.31. The van der Waals surface area contributed by atoms with Gasteiger partial charge in [-0.3, -0.25) is 4.79 Å². The number of carbonyl (C=O) groups is 1. The van der Waals surface area contributed by atoms with Crippen molar-refractivity contribution in [2.45, 2.75) is 25.7 Å². The number of methoxy groups -OCH3 is 1. The topological polar surface area (TPSA) is 45.7 Å². The summed E-state index contributed by atoms with van der Waals surface area (Å²) in [7, 11) is 1.68. The summed E-state index contributed by atoms with van der Waals surface area (Å²) >= 11 is 1.68. The van der Waals surface area contributed by atoms with Crippen LogP contribution < -0.4 is 9.64 Å². The number of piperidine rings is 1. The molecule has 4 rings (SSSR count). The third-order valence-corrected chi connectivity index (χ3v) is 6.15. The van der Waals surface area contributed by atoms with Crippen LogP contribution in [0.2, 0.25) is 0 Å². The number of thiazole rings is 1. The van der Waals surface area contributed by atoms with Gasteiger partial charge in [0.05, 0.1) is 17.7 Å². The van der Waals surface area contributed by atoms with E-state index < -0.39 is 0 Å². The number of carbonyl (C=O) groups excluding carboxylic acids is 1. The van der Waals surface area contributed by atoms with Gasteiger partial charge in [0.1, 0.15) is 11.3 Å². The van der Waals surface area contributed by atoms with Crippen molar-refractivity contribution in [1.82, 2.24) is 9.88 Å². The van der Waals surface area contributed by atoms with E-state index in [1.54, 1.807) is 18.4 Å². The molecule has 2 aliphatic heterocycles. The summed E-state index contributed by atoms with van der Waals surface area (Å²) in [5.41, 5.74) is 0.922. The van der Waals surface area contributed by atoms with E-state index in [0.717, 1.165) is 66.5 Å². The zero-order chi connectivity index (χ0) is 16.5. The highest BCUT2D eigenvalue weighted by Crippen LogP contribution is 2.36. The number of hydrogen-bond donors (Lipinski definition) is 0. The van der Waals surface area contributed by atoms with E-state index in [2.05, 4.69) is 15.9 Å². The number of nitrogens with zero attached hydrogens (tertiary/aromatic N) is 3. The summed E-state index contributed by atoms with van der Waals surface area (Å²) in [5.74, 6) is 1.28. The van der Waals surface area contributed by atoms with Crippen LogP contribution in [0.25, 0.3) is 10.2 Å². The Labute approximate surface area is 146 Å². The molecule has 0 spiro atoms. The maximum atomic E-state index is 12.7. The van der Waals surface area contributed by atoms with Crippen LogP contribution in [-0.2, 0) is 4.79 Å². The van der Waals surface area contributed by atoms with Crippen molar-refractivity contribution in [2.75, 3.05) is 38.2 Å². The third-order valence-electron chi connectivity index (χ3n) is 5.07. The molecule has 1 aromatic heterocycles. The number of amides is 1. The number of fused-ring (bicyclic) bond motifs is 1. The van der Waals surface area contributed by atoms with Gasteiger partial charge < -0.3 is 14.5 Å². The Balaban J connectivity index is 1.49. The summed E-state index contributed by atoms with van der Waals surface area (Å²) in [6.45, 7) is 3.57. The Morgan fingerprint density at radius 1 is 1.25 bits per heavy atom. The lowest BCUT2D eigenvalue weighted by molar-refractivity contribution is -0.135. The normalized spacial score (nSPS) is 21.5. The van der Waals surface area contributed by atoms with Crippen LogP contribution in [0.4, 0.5) is 5.13 Å². The van der Waals surface area contributed by atoms with Gasteiger partial charge in [0.15, 0.2) is 5.13 Å². The molecular weight excluding hydrogens is 322 g/mol. The second-order valence-electron chi connectivity index (χ2n) is 6.62. The van der Waals surface area contributed by atoms with E-state index in [1.807, 2.05) is 12.1 Å². The first-order chi connectivity index (χ1) is 11.8. The standard InChI is InChI=1S/C18H23N3O2S/c1-23-14-6-5-7-15-16(14)19-18(24-15)21-11-8-13(12-21)17(22)20-9-3-2-4-10-20/h5-7,13H,2-4,8-12H2,1H3. The fourth-order valence-electron chi connectivity index (χ4n) is 3.72. The van der Waals surface area contributed by atoms with Crippen LogP contribution >= 0.6 is 11.3 Å². The highest BCUT2D eigenvalue weighted by Gasteiger charge is 2.33. The molecular formula is C18H23N3O2S. The molecule has 24 heavy (non-hydrogen) atoms. The van der Waals surface area contributed by atoms with Crippen molar-refractivity contribution in [2.24, 2.45) is 5.92 Å². The molecule has 2 saturated heterocycles. The molecule has 0 saturated carbocycles. The number of anilines is 1. The molecule has 2 aromatic rings. The van der Waals surface area contributed by atoms with Gasteiger partial charge in [-0.15, -0.1) is 0 Å². The van der Waals surface area contributed by atoms with Gasteiger partial charge in [0, 0.05) is 26.2 Å². The highest BCUT2D eigenvalue weighted by atomic mass is 32.1. The lowest BCUT2D eigenvalue weighted by Crippen LogP contribution is -2.40. The van der Waals surface area contributed by atoms with Crippen molar-refractivity contribution in [1.29, 1.82) is 0 Å². The number of para-hydroxylation sites is 1. The summed E-state index contributed by atoms with van der Waals surface area (Å²) in [4.78, 5) is 21.8. The number of benzene rings is 1. The third kappa shape index (κ3) is 2.83. The Bertz CT molecular complexity index is 739. The zero-order valence-corrected chi connectivity index (χ0v) is 14.8.